The van der Waals surface area contributed by atoms with Crippen molar-refractivity contribution in [3.63, 3.8) is 0 Å². The Hall–Kier alpha value is -0.880. The lowest BCUT2D eigenvalue weighted by atomic mass is 10.1. The molecule has 0 spiro atoms. The topological polar surface area (TPSA) is 241 Å². The monoisotopic (exact) mass is 618 g/mol. The van der Waals surface area contributed by atoms with Gasteiger partial charge in [-0.3, -0.25) is 19.2 Å². The van der Waals surface area contributed by atoms with Crippen LogP contribution in [0, 0.1) is 0 Å². The number of hydrogen-bond donors (Lipinski definition) is 8. The fourth-order valence-electron chi connectivity index (χ4n) is 2.47. The molecule has 0 radical (unpaired) electrons. The van der Waals surface area contributed by atoms with Crippen molar-refractivity contribution in [3.05, 3.63) is 0 Å². The van der Waals surface area contributed by atoms with Crippen LogP contribution in [0.15, 0.2) is 0 Å². The highest BCUT2D eigenvalue weighted by molar-refractivity contribution is 8.77. The summed E-state index contributed by atoms with van der Waals surface area (Å²) in [5.41, 5.74) is 20.9. The molecule has 38 heavy (non-hydrogen) atoms. The summed E-state index contributed by atoms with van der Waals surface area (Å²) in [6.07, 6.45) is 1.53. The van der Waals surface area contributed by atoms with Crippen molar-refractivity contribution in [2.24, 2.45) is 5.73 Å². The summed E-state index contributed by atoms with van der Waals surface area (Å²) in [5.74, 6) is -0.522. The molecule has 0 unspecified atom stereocenters. The quantitative estimate of drug-likeness (QED) is 0.0470. The Morgan fingerprint density at radius 1 is 0.789 bits per heavy atom. The first kappa shape index (κ1) is 37.1. The van der Waals surface area contributed by atoms with Gasteiger partial charge in [0.1, 0.15) is 6.04 Å². The average Bonchev–Trinajstić information content (AvgIpc) is 2.85. The molecule has 12 nitrogen and oxygen atoms in total. The Morgan fingerprint density at radius 2 is 1.29 bits per heavy atom. The van der Waals surface area contributed by atoms with E-state index in [0.29, 0.717) is 37.3 Å². The van der Waals surface area contributed by atoms with E-state index in [4.69, 9.17) is 5.73 Å². The summed E-state index contributed by atoms with van der Waals surface area (Å²) in [5, 5.41) is 8.09. The Bertz CT molecular complexity index is 761. The van der Waals surface area contributed by atoms with Gasteiger partial charge in [-0.2, -0.15) is 0 Å². The molecule has 0 aromatic rings. The molecule has 16 heteroatoms. The van der Waals surface area contributed by atoms with Crippen LogP contribution in [0.4, 0.5) is 0 Å². The van der Waals surface area contributed by atoms with Crippen LogP contribution in [0.25, 0.3) is 0 Å². The molecule has 0 heterocycles. The molecule has 0 aliphatic heterocycles. The molecule has 0 bridgehead atoms. The maximum Gasteiger partial charge on any atom is 0.279 e. The van der Waals surface area contributed by atoms with Crippen LogP contribution in [0.1, 0.15) is 47.0 Å². The SMILES string of the molecule is CC(C)(C[NH3+])SSC[C@@H]([NH3+])C(=O)NCCCC[C@@H](NC(=O)[C@H]([NH3+])CSSC(C)(C)C[NH3+])C(=O)NCC(N)=O. The molecule has 17 N–H and O–H groups in total. The van der Waals surface area contributed by atoms with Gasteiger partial charge in [0.2, 0.25) is 11.8 Å². The van der Waals surface area contributed by atoms with Crippen molar-refractivity contribution in [3.8, 4) is 0 Å². The normalized spacial score (nSPS) is 14.3. The van der Waals surface area contributed by atoms with E-state index in [0.717, 1.165) is 13.1 Å². The fourth-order valence-corrected chi connectivity index (χ4v) is 7.85. The van der Waals surface area contributed by atoms with Gasteiger partial charge in [-0.15, -0.1) is 0 Å². The Morgan fingerprint density at radius 3 is 1.76 bits per heavy atom. The van der Waals surface area contributed by atoms with Crippen molar-refractivity contribution >= 4 is 66.8 Å². The minimum Gasteiger partial charge on any atom is -0.368 e. The molecule has 0 aliphatic carbocycles. The summed E-state index contributed by atoms with van der Waals surface area (Å²) in [6.45, 7) is 10.1. The molecule has 0 saturated heterocycles. The van der Waals surface area contributed by atoms with Crippen LogP contribution in [0.5, 0.6) is 0 Å². The number of carbonyl (C=O) groups excluding carboxylic acids is 4. The van der Waals surface area contributed by atoms with Gasteiger partial charge >= 0.3 is 0 Å². The third-order valence-corrected chi connectivity index (χ3v) is 12.2. The third kappa shape index (κ3) is 17.7. The molecule has 3 atom stereocenters. The second-order valence-electron chi connectivity index (χ2n) is 10.2. The van der Waals surface area contributed by atoms with Gasteiger partial charge in [0.05, 0.1) is 40.6 Å². The van der Waals surface area contributed by atoms with Crippen molar-refractivity contribution in [2.45, 2.75) is 74.6 Å². The van der Waals surface area contributed by atoms with E-state index < -0.39 is 23.9 Å². The summed E-state index contributed by atoms with van der Waals surface area (Å²) in [4.78, 5) is 48.7. The smallest absolute Gasteiger partial charge is 0.279 e. The van der Waals surface area contributed by atoms with Crippen molar-refractivity contribution in [1.29, 1.82) is 0 Å². The first-order valence-corrected chi connectivity index (χ1v) is 17.3. The summed E-state index contributed by atoms with van der Waals surface area (Å²) >= 11 is 0. The highest BCUT2D eigenvalue weighted by Crippen LogP contribution is 2.35. The van der Waals surface area contributed by atoms with E-state index in [1.807, 2.05) is 0 Å². The summed E-state index contributed by atoms with van der Waals surface area (Å²) < 4.78 is 0.0364. The van der Waals surface area contributed by atoms with E-state index in [9.17, 15) is 19.2 Å². The van der Waals surface area contributed by atoms with E-state index in [1.165, 1.54) is 0 Å². The minimum atomic E-state index is -0.832. The maximum absolute atomic E-state index is 12.7. The maximum atomic E-state index is 12.7. The number of amides is 4. The Kier molecular flexibility index (Phi) is 18.8. The van der Waals surface area contributed by atoms with Gasteiger partial charge in [0.15, 0.2) is 12.1 Å². The summed E-state index contributed by atoms with van der Waals surface area (Å²) in [6, 6.07) is -1.76. The lowest BCUT2D eigenvalue weighted by molar-refractivity contribution is -0.396. The predicted molar refractivity (Wildman–Crippen MR) is 158 cm³/mol. The molecule has 0 aliphatic rings. The van der Waals surface area contributed by atoms with Gasteiger partial charge in [-0.25, -0.2) is 0 Å². The van der Waals surface area contributed by atoms with Crippen LogP contribution in [-0.4, -0.2) is 88.9 Å². The first-order chi connectivity index (χ1) is 17.6. The third-order valence-electron chi connectivity index (χ3n) is 5.34. The van der Waals surface area contributed by atoms with Crippen LogP contribution in [-0.2, 0) is 19.2 Å². The molecule has 4 amide bonds. The highest BCUT2D eigenvalue weighted by Gasteiger charge is 2.27. The molecule has 0 saturated carbocycles. The van der Waals surface area contributed by atoms with E-state index in [2.05, 4.69) is 66.6 Å². The number of carbonyl (C=O) groups is 4. The molecule has 0 aromatic carbocycles. The first-order valence-electron chi connectivity index (χ1n) is 12.6. The van der Waals surface area contributed by atoms with Crippen LogP contribution in [0.2, 0.25) is 0 Å². The second-order valence-corrected chi connectivity index (χ2v) is 16.3. The van der Waals surface area contributed by atoms with Gasteiger partial charge in [0, 0.05) is 6.54 Å². The minimum absolute atomic E-state index is 0.0111. The van der Waals surface area contributed by atoms with E-state index in [1.54, 1.807) is 43.2 Å². The van der Waals surface area contributed by atoms with E-state index in [-0.39, 0.29) is 33.9 Å². The average molecular weight is 619 g/mol. The second kappa shape index (κ2) is 19.2. The number of primary amides is 1. The molecule has 222 valence electrons. The van der Waals surface area contributed by atoms with Crippen LogP contribution in [0.3, 0.4) is 0 Å². The molecule has 0 rings (SSSR count). The van der Waals surface area contributed by atoms with Gasteiger partial charge in [-0.05, 0) is 47.0 Å². The van der Waals surface area contributed by atoms with Crippen molar-refractivity contribution in [1.82, 2.24) is 16.0 Å². The highest BCUT2D eigenvalue weighted by atomic mass is 33.1. The molecular weight excluding hydrogens is 569 g/mol. The zero-order chi connectivity index (χ0) is 29.4. The number of quaternary nitrogens is 4. The largest absolute Gasteiger partial charge is 0.368 e. The van der Waals surface area contributed by atoms with Gasteiger partial charge < -0.3 is 44.6 Å². The van der Waals surface area contributed by atoms with Crippen molar-refractivity contribution < 1.29 is 42.1 Å². The van der Waals surface area contributed by atoms with Crippen molar-refractivity contribution in [2.75, 3.05) is 37.7 Å². The lowest BCUT2D eigenvalue weighted by Crippen LogP contribution is -2.70. The number of nitrogens with two attached hydrogens (primary N) is 1. The van der Waals surface area contributed by atoms with Gasteiger partial charge in [0.25, 0.3) is 11.8 Å². The predicted octanol–water partition coefficient (Wildman–Crippen LogP) is -3.62. The molecule has 0 fully saturated rings. The number of rotatable bonds is 21. The fraction of sp³-hybridized carbons (Fsp3) is 0.818. The van der Waals surface area contributed by atoms with Crippen LogP contribution >= 0.6 is 43.2 Å². The zero-order valence-corrected chi connectivity index (χ0v) is 26.5. The number of hydrogen-bond acceptors (Lipinski definition) is 8. The zero-order valence-electron chi connectivity index (χ0n) is 23.3. The summed E-state index contributed by atoms with van der Waals surface area (Å²) in [7, 11) is 6.52. The molecule has 0 aromatic heterocycles. The number of nitrogens with one attached hydrogen (secondary N) is 3. The standard InChI is InChI=1S/C22H46N8O4S4/c1-21(2,12-23)37-35-10-14(25)18(32)28-8-6-5-7-16(20(34)29-9-17(27)31)30-19(33)15(26)11-36-38-22(3,4)13-24/h14-16H,5-13,23-26H2,1-4H3,(H2,27,31)(H,28,32)(H,29,34)(H,30,33)/p+4/t14-,15-,16-/m1/s1. The van der Waals surface area contributed by atoms with E-state index >= 15 is 0 Å². The Labute approximate surface area is 242 Å². The van der Waals surface area contributed by atoms with Crippen LogP contribution < -0.4 is 44.6 Å². The molecular formula is C22H50N8O4S4+4. The number of unbranched alkanes of at least 4 members (excludes halogenated alkanes) is 1. The van der Waals surface area contributed by atoms with Gasteiger partial charge in [-0.1, -0.05) is 43.2 Å². The Balaban J connectivity index is 4.64. The lowest BCUT2D eigenvalue weighted by Gasteiger charge is -2.21.